The van der Waals surface area contributed by atoms with Crippen molar-refractivity contribution in [3.8, 4) is 0 Å². The molecule has 0 bridgehead atoms. The third kappa shape index (κ3) is 0.682. The molecular weight excluding hydrogens is 86.1 g/mol. The zero-order valence-electron chi connectivity index (χ0n) is 4.48. The maximum atomic E-state index is 5.36. The number of hydrogen-bond acceptors (Lipinski definition) is 1. The van der Waals surface area contributed by atoms with Crippen molar-refractivity contribution < 1.29 is 0 Å². The van der Waals surface area contributed by atoms with E-state index < -0.39 is 0 Å². The van der Waals surface area contributed by atoms with Gasteiger partial charge >= 0.3 is 0 Å². The van der Waals surface area contributed by atoms with E-state index in [9.17, 15) is 0 Å². The highest BCUT2D eigenvalue weighted by molar-refractivity contribution is 5.10. The van der Waals surface area contributed by atoms with Crippen LogP contribution in [0.2, 0.25) is 0 Å². The van der Waals surface area contributed by atoms with Gasteiger partial charge in [-0.15, -0.1) is 0 Å². The third-order valence-electron chi connectivity index (χ3n) is 1.68. The Hall–Kier alpha value is -0.300. The monoisotopic (exact) mass is 97.1 g/mol. The van der Waals surface area contributed by atoms with Crippen LogP contribution in [0.3, 0.4) is 0 Å². The molecular formula is C6H11N. The summed E-state index contributed by atoms with van der Waals surface area (Å²) in [4.78, 5) is 0. The van der Waals surface area contributed by atoms with Crippen LogP contribution in [-0.4, -0.2) is 6.54 Å². The van der Waals surface area contributed by atoms with E-state index in [0.717, 1.165) is 6.54 Å². The van der Waals surface area contributed by atoms with E-state index in [1.54, 1.807) is 0 Å². The predicted molar refractivity (Wildman–Crippen MR) is 30.9 cm³/mol. The molecule has 0 aromatic heterocycles. The van der Waals surface area contributed by atoms with Crippen molar-refractivity contribution in [2.24, 2.45) is 11.7 Å². The fraction of sp³-hybridized carbons (Fsp3) is 0.667. The average Bonchev–Trinajstić information content (AvgIpc) is 1.65. The number of rotatable bonds is 1. The summed E-state index contributed by atoms with van der Waals surface area (Å²) in [5.74, 6) is 0.667. The molecule has 0 aromatic carbocycles. The molecule has 1 atom stereocenters. The molecule has 7 heavy (non-hydrogen) atoms. The first kappa shape index (κ1) is 4.85. The van der Waals surface area contributed by atoms with Crippen LogP contribution in [0, 0.1) is 5.92 Å². The maximum Gasteiger partial charge on any atom is -0.00115 e. The summed E-state index contributed by atoms with van der Waals surface area (Å²) in [6.07, 6.45) is 2.48. The van der Waals surface area contributed by atoms with Crippen molar-refractivity contribution >= 4 is 0 Å². The highest BCUT2D eigenvalue weighted by Crippen LogP contribution is 2.30. The van der Waals surface area contributed by atoms with Gasteiger partial charge in [0.05, 0.1) is 0 Å². The van der Waals surface area contributed by atoms with Gasteiger partial charge in [-0.1, -0.05) is 12.2 Å². The summed E-state index contributed by atoms with van der Waals surface area (Å²) >= 11 is 0. The van der Waals surface area contributed by atoms with Crippen LogP contribution in [0.4, 0.5) is 0 Å². The quantitative estimate of drug-likeness (QED) is 0.483. The van der Waals surface area contributed by atoms with Crippen molar-refractivity contribution in [2.45, 2.75) is 12.8 Å². The van der Waals surface area contributed by atoms with Gasteiger partial charge in [0.2, 0.25) is 0 Å². The van der Waals surface area contributed by atoms with Crippen molar-refractivity contribution in [1.82, 2.24) is 0 Å². The predicted octanol–water partition coefficient (Wildman–Crippen LogP) is 0.911. The molecule has 2 N–H and O–H groups in total. The van der Waals surface area contributed by atoms with Crippen LogP contribution < -0.4 is 5.73 Å². The third-order valence-corrected chi connectivity index (χ3v) is 1.68. The molecule has 1 saturated carbocycles. The molecule has 0 aromatic rings. The van der Waals surface area contributed by atoms with Gasteiger partial charge in [-0.2, -0.15) is 0 Å². The SMILES string of the molecule is C=C1CCC1CN. The second-order valence-corrected chi connectivity index (χ2v) is 2.13. The zero-order valence-corrected chi connectivity index (χ0v) is 4.48. The van der Waals surface area contributed by atoms with E-state index in [0.29, 0.717) is 5.92 Å². The van der Waals surface area contributed by atoms with Gasteiger partial charge in [0.25, 0.3) is 0 Å². The molecule has 1 heteroatoms. The Kier molecular flexibility index (Phi) is 1.15. The molecule has 1 aliphatic carbocycles. The molecule has 1 rings (SSSR count). The summed E-state index contributed by atoms with van der Waals surface area (Å²) in [6, 6.07) is 0. The second-order valence-electron chi connectivity index (χ2n) is 2.13. The second kappa shape index (κ2) is 1.66. The minimum Gasteiger partial charge on any atom is -0.330 e. The van der Waals surface area contributed by atoms with Gasteiger partial charge in [-0.3, -0.25) is 0 Å². The Morgan fingerprint density at radius 2 is 2.57 bits per heavy atom. The van der Waals surface area contributed by atoms with Crippen LogP contribution >= 0.6 is 0 Å². The van der Waals surface area contributed by atoms with Gasteiger partial charge in [-0.05, 0) is 25.3 Å². The summed E-state index contributed by atoms with van der Waals surface area (Å²) in [5.41, 5.74) is 6.71. The van der Waals surface area contributed by atoms with Crippen molar-refractivity contribution in [3.05, 3.63) is 12.2 Å². The molecule has 0 heterocycles. The average molecular weight is 97.2 g/mol. The highest BCUT2D eigenvalue weighted by Gasteiger charge is 2.19. The fourth-order valence-corrected chi connectivity index (χ4v) is 0.837. The van der Waals surface area contributed by atoms with Crippen LogP contribution in [0.1, 0.15) is 12.8 Å². The summed E-state index contributed by atoms with van der Waals surface area (Å²) < 4.78 is 0. The largest absolute Gasteiger partial charge is 0.330 e. The van der Waals surface area contributed by atoms with E-state index in [2.05, 4.69) is 6.58 Å². The lowest BCUT2D eigenvalue weighted by Gasteiger charge is -2.26. The molecule has 0 spiro atoms. The fourth-order valence-electron chi connectivity index (χ4n) is 0.837. The number of hydrogen-bond donors (Lipinski definition) is 1. The molecule has 1 fully saturated rings. The van der Waals surface area contributed by atoms with Crippen LogP contribution in [0.15, 0.2) is 12.2 Å². The summed E-state index contributed by atoms with van der Waals surface area (Å²) in [5, 5.41) is 0. The van der Waals surface area contributed by atoms with Crippen molar-refractivity contribution in [3.63, 3.8) is 0 Å². The Bertz CT molecular complexity index is 84.2. The van der Waals surface area contributed by atoms with Crippen LogP contribution in [0.5, 0.6) is 0 Å². The van der Waals surface area contributed by atoms with Gasteiger partial charge in [0.1, 0.15) is 0 Å². The van der Waals surface area contributed by atoms with Gasteiger partial charge in [-0.25, -0.2) is 0 Å². The van der Waals surface area contributed by atoms with E-state index in [1.165, 1.54) is 18.4 Å². The maximum absolute atomic E-state index is 5.36. The first-order valence-electron chi connectivity index (χ1n) is 2.72. The lowest BCUT2D eigenvalue weighted by Crippen LogP contribution is -2.23. The topological polar surface area (TPSA) is 26.0 Å². The highest BCUT2D eigenvalue weighted by atomic mass is 14.6. The van der Waals surface area contributed by atoms with Crippen LogP contribution in [-0.2, 0) is 0 Å². The Morgan fingerprint density at radius 3 is 2.57 bits per heavy atom. The lowest BCUT2D eigenvalue weighted by molar-refractivity contribution is 0.456. The molecule has 1 aliphatic rings. The molecule has 40 valence electrons. The van der Waals surface area contributed by atoms with Crippen molar-refractivity contribution in [1.29, 1.82) is 0 Å². The van der Waals surface area contributed by atoms with Crippen molar-refractivity contribution in [2.75, 3.05) is 6.54 Å². The van der Waals surface area contributed by atoms with E-state index >= 15 is 0 Å². The van der Waals surface area contributed by atoms with Gasteiger partial charge in [0.15, 0.2) is 0 Å². The first-order chi connectivity index (χ1) is 3.34. The standard InChI is InChI=1S/C6H11N/c1-5-2-3-6(5)4-7/h6H,1-4,7H2. The molecule has 0 amide bonds. The first-order valence-corrected chi connectivity index (χ1v) is 2.72. The van der Waals surface area contributed by atoms with E-state index in [-0.39, 0.29) is 0 Å². The minimum absolute atomic E-state index is 0.667. The molecule has 0 radical (unpaired) electrons. The zero-order chi connectivity index (χ0) is 5.28. The molecule has 0 saturated heterocycles. The molecule has 0 aliphatic heterocycles. The number of nitrogens with two attached hydrogens (primary N) is 1. The van der Waals surface area contributed by atoms with E-state index in [4.69, 9.17) is 5.73 Å². The Labute approximate surface area is 44.2 Å². The minimum atomic E-state index is 0.667. The molecule has 1 unspecified atom stereocenters. The Balaban J connectivity index is 2.29. The van der Waals surface area contributed by atoms with E-state index in [1.807, 2.05) is 0 Å². The smallest absolute Gasteiger partial charge is 0.00115 e. The normalized spacial score (nSPS) is 29.9. The molecule has 1 nitrogen and oxygen atoms in total. The van der Waals surface area contributed by atoms with Gasteiger partial charge < -0.3 is 5.73 Å². The van der Waals surface area contributed by atoms with Gasteiger partial charge in [0, 0.05) is 0 Å². The van der Waals surface area contributed by atoms with Crippen LogP contribution in [0.25, 0.3) is 0 Å². The summed E-state index contributed by atoms with van der Waals surface area (Å²) in [7, 11) is 0. The lowest BCUT2D eigenvalue weighted by atomic mass is 9.81. The Morgan fingerprint density at radius 1 is 1.86 bits per heavy atom. The summed E-state index contributed by atoms with van der Waals surface area (Å²) in [6.45, 7) is 4.64.